The Morgan fingerprint density at radius 1 is 0.270 bits per heavy atom. The van der Waals surface area contributed by atoms with Crippen molar-refractivity contribution in [3.8, 4) is 0 Å². The van der Waals surface area contributed by atoms with Gasteiger partial charge in [0.25, 0.3) is 0 Å². The normalized spacial score (nSPS) is 12.6. The van der Waals surface area contributed by atoms with E-state index in [1.807, 2.05) is 0 Å². The third-order valence-corrected chi connectivity index (χ3v) is 18.0. The van der Waals surface area contributed by atoms with Crippen molar-refractivity contribution in [2.45, 2.75) is 424 Å². The molecule has 0 saturated heterocycles. The van der Waals surface area contributed by atoms with Crippen LogP contribution in [-0.4, -0.2) is 36.4 Å². The highest BCUT2D eigenvalue weighted by molar-refractivity contribution is 5.70. The molecule has 1 atom stereocenters. The topological polar surface area (TPSA) is 72.8 Å². The molecule has 0 aliphatic heterocycles. The lowest BCUT2D eigenvalue weighted by molar-refractivity contribution is -0.161. The summed E-state index contributed by atoms with van der Waals surface area (Å²) in [6, 6.07) is 0. The van der Waals surface area contributed by atoms with Crippen molar-refractivity contribution < 1.29 is 24.2 Å². The monoisotopic (exact) mass is 1240 g/mol. The number of ether oxygens (including phenoxy) is 2. The van der Waals surface area contributed by atoms with E-state index in [2.05, 4.69) is 98.9 Å². The SMILES string of the molecule is CC/C=C\C/C=C\C/C=C\C/C=C\C/C=C\C/C=C\C/C=C\CCCCCCCCCCCCCCCC(=O)OC(CO)COC(=O)CCCCCCCCCCCCCCCCCCCCCCCCCCCCCCCCCCCCCCCCCC. The fourth-order valence-corrected chi connectivity index (χ4v) is 12.1. The standard InChI is InChI=1S/C84H152O5/c1-3-5-7-9-11-13-15-17-19-21-23-25-27-29-31-33-35-37-39-40-41-42-43-45-46-48-50-52-54-56-58-60-62-64-66-68-70-72-74-76-78-83(86)88-81-82(80-85)89-84(87)79-77-75-73-71-69-67-65-63-61-59-57-55-53-51-49-47-44-38-36-34-32-30-28-26-24-22-20-18-16-14-12-10-8-6-4-2/h6,8,12,14,18,20,24,26,30,32,36,38,47,49,82,85H,3-5,7,9-11,13,15-17,19,21-23,25,27-29,31,33-35,37,39-46,48,50-81H2,1-2H3/b8-6-,14-12-,20-18-,26-24-,32-30-,38-36-,49-47-. The van der Waals surface area contributed by atoms with Gasteiger partial charge >= 0.3 is 11.9 Å². The summed E-state index contributed by atoms with van der Waals surface area (Å²) in [4.78, 5) is 24.7. The summed E-state index contributed by atoms with van der Waals surface area (Å²) >= 11 is 0. The number of esters is 2. The summed E-state index contributed by atoms with van der Waals surface area (Å²) in [6.07, 6.45) is 112. The summed E-state index contributed by atoms with van der Waals surface area (Å²) in [5.41, 5.74) is 0. The molecule has 518 valence electrons. The number of allylic oxidation sites excluding steroid dienone is 14. The molecule has 0 rings (SSSR count). The van der Waals surface area contributed by atoms with Crippen LogP contribution in [0.15, 0.2) is 85.1 Å². The minimum atomic E-state index is -0.777. The van der Waals surface area contributed by atoms with Gasteiger partial charge in [-0.3, -0.25) is 9.59 Å². The van der Waals surface area contributed by atoms with Gasteiger partial charge in [-0.25, -0.2) is 0 Å². The van der Waals surface area contributed by atoms with Gasteiger partial charge in [0.05, 0.1) is 6.61 Å². The molecule has 0 aromatic rings. The van der Waals surface area contributed by atoms with Crippen molar-refractivity contribution in [1.82, 2.24) is 0 Å². The number of hydrogen-bond acceptors (Lipinski definition) is 5. The van der Waals surface area contributed by atoms with Crippen LogP contribution in [-0.2, 0) is 19.1 Å². The van der Waals surface area contributed by atoms with Crippen molar-refractivity contribution in [2.24, 2.45) is 0 Å². The van der Waals surface area contributed by atoms with Crippen LogP contribution in [0.5, 0.6) is 0 Å². The molecule has 0 aromatic heterocycles. The Labute approximate surface area is 556 Å². The lowest BCUT2D eigenvalue weighted by Crippen LogP contribution is -2.28. The fraction of sp³-hybridized carbons (Fsp3) is 0.810. The van der Waals surface area contributed by atoms with E-state index < -0.39 is 6.10 Å². The second-order valence-corrected chi connectivity index (χ2v) is 26.8. The summed E-state index contributed by atoms with van der Waals surface area (Å²) in [6.45, 7) is 4.08. The lowest BCUT2D eigenvalue weighted by Gasteiger charge is -2.15. The second-order valence-electron chi connectivity index (χ2n) is 26.8. The Morgan fingerprint density at radius 2 is 0.483 bits per heavy atom. The average molecular weight is 1240 g/mol. The van der Waals surface area contributed by atoms with E-state index in [1.54, 1.807) is 0 Å². The third-order valence-electron chi connectivity index (χ3n) is 18.0. The van der Waals surface area contributed by atoms with E-state index in [9.17, 15) is 14.7 Å². The Bertz CT molecular complexity index is 1600. The Kier molecular flexibility index (Phi) is 76.7. The molecule has 0 saturated carbocycles. The third kappa shape index (κ3) is 77.4. The van der Waals surface area contributed by atoms with Crippen LogP contribution in [0, 0.1) is 0 Å². The highest BCUT2D eigenvalue weighted by atomic mass is 16.6. The van der Waals surface area contributed by atoms with Crippen LogP contribution < -0.4 is 0 Å². The predicted octanol–water partition coefficient (Wildman–Crippen LogP) is 27.9. The average Bonchev–Trinajstić information content (AvgIpc) is 3.55. The zero-order chi connectivity index (χ0) is 64.0. The smallest absolute Gasteiger partial charge is 0.306 e. The van der Waals surface area contributed by atoms with Crippen molar-refractivity contribution in [3.63, 3.8) is 0 Å². The number of carbonyl (C=O) groups is 2. The highest BCUT2D eigenvalue weighted by Crippen LogP contribution is 2.20. The number of carbonyl (C=O) groups excluding carboxylic acids is 2. The molecule has 5 nitrogen and oxygen atoms in total. The number of rotatable bonds is 74. The van der Waals surface area contributed by atoms with E-state index in [4.69, 9.17) is 9.47 Å². The maximum absolute atomic E-state index is 12.4. The van der Waals surface area contributed by atoms with E-state index in [0.29, 0.717) is 12.8 Å². The van der Waals surface area contributed by atoms with Gasteiger partial charge in [0.2, 0.25) is 0 Å². The van der Waals surface area contributed by atoms with Crippen LogP contribution in [0.2, 0.25) is 0 Å². The quantitative estimate of drug-likeness (QED) is 0.0373. The molecule has 89 heavy (non-hydrogen) atoms. The van der Waals surface area contributed by atoms with Gasteiger partial charge in [-0.05, 0) is 70.6 Å². The number of aliphatic hydroxyl groups excluding tert-OH is 1. The summed E-state index contributed by atoms with van der Waals surface area (Å²) in [5, 5.41) is 9.73. The minimum absolute atomic E-state index is 0.0642. The first-order valence-corrected chi connectivity index (χ1v) is 39.6. The number of aliphatic hydroxyl groups is 1. The molecule has 0 heterocycles. The predicted molar refractivity (Wildman–Crippen MR) is 394 cm³/mol. The van der Waals surface area contributed by atoms with Gasteiger partial charge in [-0.2, -0.15) is 0 Å². The van der Waals surface area contributed by atoms with Gasteiger partial charge in [0, 0.05) is 12.8 Å². The molecule has 0 aromatic carbocycles. The summed E-state index contributed by atoms with van der Waals surface area (Å²) in [7, 11) is 0. The van der Waals surface area contributed by atoms with Crippen LogP contribution in [0.1, 0.15) is 418 Å². The lowest BCUT2D eigenvalue weighted by atomic mass is 10.0. The molecular formula is C84H152O5. The molecule has 0 fully saturated rings. The van der Waals surface area contributed by atoms with Crippen molar-refractivity contribution in [1.29, 1.82) is 0 Å². The molecule has 0 amide bonds. The molecule has 0 radical (unpaired) electrons. The Balaban J connectivity index is 3.40. The molecule has 0 aliphatic rings. The van der Waals surface area contributed by atoms with Crippen molar-refractivity contribution in [2.75, 3.05) is 13.2 Å². The summed E-state index contributed by atoms with van der Waals surface area (Å²) < 4.78 is 10.8. The fourth-order valence-electron chi connectivity index (χ4n) is 12.1. The number of unbranched alkanes of at least 4 members (excludes halogenated alkanes) is 52. The second kappa shape index (κ2) is 79.3. The van der Waals surface area contributed by atoms with E-state index in [0.717, 1.165) is 83.5 Å². The molecule has 1 N–H and O–H groups in total. The minimum Gasteiger partial charge on any atom is -0.462 e. The molecule has 0 aliphatic carbocycles. The van der Waals surface area contributed by atoms with E-state index >= 15 is 0 Å². The molecular weight excluding hydrogens is 1090 g/mol. The van der Waals surface area contributed by atoms with Gasteiger partial charge in [-0.15, -0.1) is 0 Å². The molecule has 1 unspecified atom stereocenters. The van der Waals surface area contributed by atoms with Crippen molar-refractivity contribution >= 4 is 11.9 Å². The van der Waals surface area contributed by atoms with Crippen LogP contribution in [0.4, 0.5) is 0 Å². The number of hydrogen-bond donors (Lipinski definition) is 1. The maximum atomic E-state index is 12.4. The van der Waals surface area contributed by atoms with Gasteiger partial charge < -0.3 is 14.6 Å². The van der Waals surface area contributed by atoms with Crippen LogP contribution in [0.25, 0.3) is 0 Å². The van der Waals surface area contributed by atoms with Crippen LogP contribution >= 0.6 is 0 Å². The van der Waals surface area contributed by atoms with Gasteiger partial charge in [0.1, 0.15) is 6.61 Å². The van der Waals surface area contributed by atoms with E-state index in [1.165, 1.54) is 308 Å². The van der Waals surface area contributed by atoms with Crippen LogP contribution in [0.3, 0.4) is 0 Å². The van der Waals surface area contributed by atoms with E-state index in [-0.39, 0.29) is 25.2 Å². The zero-order valence-corrected chi connectivity index (χ0v) is 59.7. The Hall–Kier alpha value is -2.92. The largest absolute Gasteiger partial charge is 0.462 e. The van der Waals surface area contributed by atoms with Gasteiger partial charge in [0.15, 0.2) is 6.10 Å². The highest BCUT2D eigenvalue weighted by Gasteiger charge is 2.16. The molecule has 0 spiro atoms. The molecule has 5 heteroatoms. The first-order chi connectivity index (χ1) is 44.1. The zero-order valence-electron chi connectivity index (χ0n) is 59.7. The summed E-state index contributed by atoms with van der Waals surface area (Å²) in [5.74, 6) is -0.574. The first kappa shape index (κ1) is 86.1. The Morgan fingerprint density at radius 3 is 0.730 bits per heavy atom. The molecule has 0 bridgehead atoms. The van der Waals surface area contributed by atoms with Gasteiger partial charge in [-0.1, -0.05) is 420 Å². The van der Waals surface area contributed by atoms with Crippen molar-refractivity contribution in [3.05, 3.63) is 85.1 Å². The first-order valence-electron chi connectivity index (χ1n) is 39.6. The maximum Gasteiger partial charge on any atom is 0.306 e.